The van der Waals surface area contributed by atoms with Crippen molar-refractivity contribution in [1.29, 1.82) is 0 Å². The lowest BCUT2D eigenvalue weighted by molar-refractivity contribution is -0.302. The maximum atomic E-state index is 13.0. The van der Waals surface area contributed by atoms with E-state index in [1.807, 2.05) is 6.08 Å². The summed E-state index contributed by atoms with van der Waals surface area (Å²) in [4.78, 5) is 13.0. The second-order valence-electron chi connectivity index (χ2n) is 16.2. The van der Waals surface area contributed by atoms with Gasteiger partial charge in [0.1, 0.15) is 24.4 Å². The molecule has 0 aromatic rings. The topological polar surface area (TPSA) is 149 Å². The smallest absolute Gasteiger partial charge is 0.220 e. The van der Waals surface area contributed by atoms with E-state index < -0.39 is 49.5 Å². The molecule has 0 spiro atoms. The SMILES string of the molecule is CC/C=C\C/C=C\C/C=C\C/C=C\C/C=C\CCCCCCCCCC(=O)NC(COC1OC(CO)C(O)C(O)C1O)C(O)/C=C/CCCCCCCCCCCCC. The fraction of sp³-hybridized carbons (Fsp3) is 0.740. The highest BCUT2D eigenvalue weighted by Crippen LogP contribution is 2.22. The molecule has 0 bridgehead atoms. The maximum absolute atomic E-state index is 13.0. The second kappa shape index (κ2) is 39.7. The maximum Gasteiger partial charge on any atom is 0.220 e. The van der Waals surface area contributed by atoms with Gasteiger partial charge in [-0.1, -0.05) is 183 Å². The van der Waals surface area contributed by atoms with Crippen LogP contribution in [0.25, 0.3) is 0 Å². The average Bonchev–Trinajstić information content (AvgIpc) is 3.23. The largest absolute Gasteiger partial charge is 0.394 e. The second-order valence-corrected chi connectivity index (χ2v) is 16.2. The summed E-state index contributed by atoms with van der Waals surface area (Å²) in [6, 6.07) is -0.814. The molecular formula is C50H87NO8. The van der Waals surface area contributed by atoms with E-state index in [9.17, 15) is 30.3 Å². The fourth-order valence-electron chi connectivity index (χ4n) is 7.00. The minimum absolute atomic E-state index is 0.192. The van der Waals surface area contributed by atoms with Gasteiger partial charge in [-0.2, -0.15) is 0 Å². The van der Waals surface area contributed by atoms with Gasteiger partial charge in [-0.15, -0.1) is 0 Å². The molecule has 1 saturated heterocycles. The van der Waals surface area contributed by atoms with Crippen molar-refractivity contribution in [2.75, 3.05) is 13.2 Å². The van der Waals surface area contributed by atoms with Gasteiger partial charge in [-0.05, 0) is 64.2 Å². The van der Waals surface area contributed by atoms with Crippen LogP contribution in [0.5, 0.6) is 0 Å². The molecule has 1 amide bonds. The van der Waals surface area contributed by atoms with Crippen molar-refractivity contribution in [3.63, 3.8) is 0 Å². The van der Waals surface area contributed by atoms with Crippen molar-refractivity contribution in [2.24, 2.45) is 0 Å². The summed E-state index contributed by atoms with van der Waals surface area (Å²) in [5, 5.41) is 54.2. The molecule has 340 valence electrons. The van der Waals surface area contributed by atoms with E-state index in [0.717, 1.165) is 83.5 Å². The summed E-state index contributed by atoms with van der Waals surface area (Å²) >= 11 is 0. The van der Waals surface area contributed by atoms with E-state index >= 15 is 0 Å². The summed E-state index contributed by atoms with van der Waals surface area (Å²) in [5.41, 5.74) is 0. The third-order valence-corrected chi connectivity index (χ3v) is 10.8. The molecule has 0 radical (unpaired) electrons. The molecule has 6 N–H and O–H groups in total. The first-order valence-corrected chi connectivity index (χ1v) is 23.7. The van der Waals surface area contributed by atoms with Crippen LogP contribution in [0.3, 0.4) is 0 Å². The summed E-state index contributed by atoms with van der Waals surface area (Å²) in [6.45, 7) is 3.63. The van der Waals surface area contributed by atoms with Crippen LogP contribution in [0.4, 0.5) is 0 Å². The molecule has 1 rings (SSSR count). The number of ether oxygens (including phenoxy) is 2. The van der Waals surface area contributed by atoms with Crippen molar-refractivity contribution in [1.82, 2.24) is 5.32 Å². The number of hydrogen-bond acceptors (Lipinski definition) is 8. The number of carbonyl (C=O) groups is 1. The molecule has 0 aromatic carbocycles. The highest BCUT2D eigenvalue weighted by Gasteiger charge is 2.44. The minimum atomic E-state index is -1.57. The normalized spacial score (nSPS) is 21.4. The lowest BCUT2D eigenvalue weighted by atomic mass is 9.99. The number of aliphatic hydroxyl groups is 5. The van der Waals surface area contributed by atoms with E-state index in [1.165, 1.54) is 77.0 Å². The molecule has 0 saturated carbocycles. The molecule has 9 nitrogen and oxygen atoms in total. The predicted octanol–water partition coefficient (Wildman–Crippen LogP) is 10.2. The lowest BCUT2D eigenvalue weighted by Gasteiger charge is -2.40. The Morgan fingerprint density at radius 2 is 1.05 bits per heavy atom. The molecule has 1 heterocycles. The first-order chi connectivity index (χ1) is 28.8. The van der Waals surface area contributed by atoms with Gasteiger partial charge in [0, 0.05) is 6.42 Å². The first-order valence-electron chi connectivity index (χ1n) is 23.7. The highest BCUT2D eigenvalue weighted by atomic mass is 16.7. The Hall–Kier alpha value is -2.37. The highest BCUT2D eigenvalue weighted by molar-refractivity contribution is 5.76. The minimum Gasteiger partial charge on any atom is -0.394 e. The van der Waals surface area contributed by atoms with Gasteiger partial charge < -0.3 is 40.3 Å². The van der Waals surface area contributed by atoms with Crippen molar-refractivity contribution in [2.45, 2.75) is 224 Å². The van der Waals surface area contributed by atoms with Crippen molar-refractivity contribution < 1.29 is 39.8 Å². The number of hydrogen-bond donors (Lipinski definition) is 6. The summed E-state index contributed by atoms with van der Waals surface area (Å²) < 4.78 is 11.2. The monoisotopic (exact) mass is 830 g/mol. The molecule has 59 heavy (non-hydrogen) atoms. The fourth-order valence-corrected chi connectivity index (χ4v) is 7.00. The van der Waals surface area contributed by atoms with Gasteiger partial charge in [0.2, 0.25) is 5.91 Å². The molecule has 1 fully saturated rings. The Labute approximate surface area is 359 Å². The van der Waals surface area contributed by atoms with E-state index in [0.29, 0.717) is 6.42 Å². The Balaban J connectivity index is 2.33. The number of carbonyl (C=O) groups excluding carboxylic acids is 1. The zero-order chi connectivity index (χ0) is 43.0. The zero-order valence-corrected chi connectivity index (χ0v) is 37.2. The summed E-state index contributed by atoms with van der Waals surface area (Å²) in [7, 11) is 0. The van der Waals surface area contributed by atoms with Gasteiger partial charge >= 0.3 is 0 Å². The summed E-state index contributed by atoms with van der Waals surface area (Å²) in [5.74, 6) is -0.192. The van der Waals surface area contributed by atoms with Crippen molar-refractivity contribution in [3.05, 3.63) is 72.9 Å². The van der Waals surface area contributed by atoms with Gasteiger partial charge in [-0.25, -0.2) is 0 Å². The zero-order valence-electron chi connectivity index (χ0n) is 37.2. The summed E-state index contributed by atoms with van der Waals surface area (Å²) in [6.07, 6.45) is 46.5. The Morgan fingerprint density at radius 1 is 0.593 bits per heavy atom. The molecule has 9 heteroatoms. The number of rotatable bonds is 38. The van der Waals surface area contributed by atoms with E-state index in [2.05, 4.69) is 79.9 Å². The lowest BCUT2D eigenvalue weighted by Crippen LogP contribution is -2.60. The molecule has 1 aliphatic rings. The third-order valence-electron chi connectivity index (χ3n) is 10.8. The van der Waals surface area contributed by atoms with Crippen LogP contribution >= 0.6 is 0 Å². The first kappa shape index (κ1) is 54.6. The number of amides is 1. The van der Waals surface area contributed by atoms with Crippen LogP contribution in [0.15, 0.2) is 72.9 Å². The van der Waals surface area contributed by atoms with Crippen LogP contribution in [-0.4, -0.2) is 87.5 Å². The van der Waals surface area contributed by atoms with Gasteiger partial charge in [0.15, 0.2) is 6.29 Å². The molecule has 1 aliphatic heterocycles. The number of unbranched alkanes of at least 4 members (excludes halogenated alkanes) is 18. The number of nitrogens with one attached hydrogen (secondary N) is 1. The van der Waals surface area contributed by atoms with Crippen molar-refractivity contribution >= 4 is 5.91 Å². The molecular weight excluding hydrogens is 743 g/mol. The van der Waals surface area contributed by atoms with Crippen LogP contribution in [0.2, 0.25) is 0 Å². The van der Waals surface area contributed by atoms with Crippen molar-refractivity contribution in [3.8, 4) is 0 Å². The van der Waals surface area contributed by atoms with Crippen LogP contribution in [0.1, 0.15) is 181 Å². The quantitative estimate of drug-likeness (QED) is 0.0266. The number of aliphatic hydroxyl groups excluding tert-OH is 5. The molecule has 7 unspecified atom stereocenters. The number of allylic oxidation sites excluding steroid dienone is 11. The van der Waals surface area contributed by atoms with Gasteiger partial charge in [-0.3, -0.25) is 4.79 Å². The van der Waals surface area contributed by atoms with Gasteiger partial charge in [0.05, 0.1) is 25.4 Å². The Morgan fingerprint density at radius 3 is 1.56 bits per heavy atom. The van der Waals surface area contributed by atoms with E-state index in [4.69, 9.17) is 9.47 Å². The average molecular weight is 830 g/mol. The van der Waals surface area contributed by atoms with Crippen LogP contribution in [0, 0.1) is 0 Å². The standard InChI is InChI=1S/C50H87NO8/c1-3-5-7-9-11-13-15-17-18-19-20-21-22-23-24-25-26-28-30-32-34-36-38-40-46(54)51-43(42-58-50-49(57)48(56)47(55)45(41-52)59-50)44(53)39-37-35-33-31-29-27-16-14-12-10-8-6-4-2/h5,7,11,13,17-18,20-21,23-24,37,39,43-45,47-50,52-53,55-57H,3-4,6,8-10,12,14-16,19,22,25-36,38,40-42H2,1-2H3,(H,51,54)/b7-5-,13-11-,18-17-,21-20-,24-23-,39-37+. The van der Waals surface area contributed by atoms with Crippen LogP contribution < -0.4 is 5.32 Å². The predicted molar refractivity (Wildman–Crippen MR) is 244 cm³/mol. The Bertz CT molecular complexity index is 1150. The Kier molecular flexibility index (Phi) is 36.8. The van der Waals surface area contributed by atoms with Gasteiger partial charge in [0.25, 0.3) is 0 Å². The molecule has 7 atom stereocenters. The van der Waals surface area contributed by atoms with Crippen LogP contribution in [-0.2, 0) is 14.3 Å². The van der Waals surface area contributed by atoms with E-state index in [1.54, 1.807) is 6.08 Å². The molecule has 0 aliphatic carbocycles. The third kappa shape index (κ3) is 30.3. The molecule has 0 aromatic heterocycles. The van der Waals surface area contributed by atoms with E-state index in [-0.39, 0.29) is 12.5 Å².